The fourth-order valence-electron chi connectivity index (χ4n) is 4.60. The monoisotopic (exact) mass is 473 g/mol. The molecule has 0 spiro atoms. The van der Waals surface area contributed by atoms with Gasteiger partial charge in [-0.2, -0.15) is 0 Å². The van der Waals surface area contributed by atoms with Crippen LogP contribution in [0.3, 0.4) is 0 Å². The fourth-order valence-corrected chi connectivity index (χ4v) is 5.40. The molecule has 163 valence electrons. The van der Waals surface area contributed by atoms with Gasteiger partial charge in [-0.3, -0.25) is 0 Å². The van der Waals surface area contributed by atoms with Gasteiger partial charge in [-0.25, -0.2) is 0 Å². The Kier molecular flexibility index (Phi) is 9.86. The van der Waals surface area contributed by atoms with Gasteiger partial charge < -0.3 is 24.8 Å². The minimum atomic E-state index is -0.334. The molecule has 29 heavy (non-hydrogen) atoms. The van der Waals surface area contributed by atoms with E-state index in [1.807, 2.05) is 0 Å². The summed E-state index contributed by atoms with van der Waals surface area (Å²) in [6.45, 7) is 23.1. The smallest absolute Gasteiger partial charge is 1.00 e. The van der Waals surface area contributed by atoms with Crippen LogP contribution in [0.25, 0.3) is 0 Å². The summed E-state index contributed by atoms with van der Waals surface area (Å²) in [5.74, 6) is 0. The molecule has 0 bridgehead atoms. The molecule has 0 saturated heterocycles. The van der Waals surface area contributed by atoms with Crippen molar-refractivity contribution in [3.05, 3.63) is 44.9 Å². The Labute approximate surface area is 204 Å². The van der Waals surface area contributed by atoms with Gasteiger partial charge in [-0.15, -0.1) is 0 Å². The summed E-state index contributed by atoms with van der Waals surface area (Å²) in [5, 5.41) is 0. The van der Waals surface area contributed by atoms with E-state index in [-0.39, 0.29) is 52.8 Å². The van der Waals surface area contributed by atoms with E-state index in [0.717, 1.165) is 12.8 Å². The van der Waals surface area contributed by atoms with E-state index < -0.39 is 0 Å². The van der Waals surface area contributed by atoms with E-state index in [1.54, 1.807) is 0 Å². The molecule has 1 atom stereocenters. The maximum Gasteiger partial charge on any atom is -1.00 e. The van der Waals surface area contributed by atoms with Crippen molar-refractivity contribution in [3.63, 3.8) is 0 Å². The fraction of sp³-hybridized carbons (Fsp3) is 0.680. The predicted molar refractivity (Wildman–Crippen MR) is 113 cm³/mol. The molecule has 0 aliphatic heterocycles. The van der Waals surface area contributed by atoms with Gasteiger partial charge in [-0.1, -0.05) is 0 Å². The van der Waals surface area contributed by atoms with Crippen molar-refractivity contribution in [3.8, 4) is 0 Å². The Morgan fingerprint density at radius 2 is 1.52 bits per heavy atom. The maximum absolute atomic E-state index is 6.92. The third kappa shape index (κ3) is 5.72. The number of ether oxygens (including phenoxy) is 1. The summed E-state index contributed by atoms with van der Waals surface area (Å²) in [6.07, 6.45) is 11.7. The molecule has 2 rings (SSSR count). The van der Waals surface area contributed by atoms with Gasteiger partial charge >= 0.3 is 180 Å². The molecule has 0 aromatic rings. The van der Waals surface area contributed by atoms with E-state index in [2.05, 4.69) is 114 Å². The van der Waals surface area contributed by atoms with E-state index in [9.17, 15) is 0 Å². The minimum Gasteiger partial charge on any atom is -1.00 e. The molecule has 1 nitrogen and oxygen atoms in total. The summed E-state index contributed by atoms with van der Waals surface area (Å²) in [4.78, 5) is 0. The summed E-state index contributed by atoms with van der Waals surface area (Å²) in [5.41, 5.74) is 4.06. The molecule has 4 heteroatoms. The predicted octanol–water partition coefficient (Wildman–Crippen LogP) is 1.29. The van der Waals surface area contributed by atoms with E-state index in [0.29, 0.717) is 0 Å². The van der Waals surface area contributed by atoms with E-state index in [4.69, 9.17) is 4.74 Å². The van der Waals surface area contributed by atoms with Crippen molar-refractivity contribution in [1.29, 1.82) is 0 Å². The topological polar surface area (TPSA) is 9.23 Å². The molecule has 2 aliphatic carbocycles. The molecule has 0 amide bonds. The van der Waals surface area contributed by atoms with E-state index in [1.165, 1.54) is 20.6 Å². The number of hydrogen-bond acceptors (Lipinski definition) is 1. The van der Waals surface area contributed by atoms with Crippen molar-refractivity contribution in [1.82, 2.24) is 0 Å². The molecule has 0 saturated carbocycles. The van der Waals surface area contributed by atoms with Gasteiger partial charge in [0.25, 0.3) is 0 Å². The minimum absolute atomic E-state index is 0. The molecule has 0 aromatic carbocycles. The Bertz CT molecular complexity index is 712. The van der Waals surface area contributed by atoms with Crippen LogP contribution in [0, 0.1) is 16.2 Å². The number of hydrogen-bond donors (Lipinski definition) is 0. The van der Waals surface area contributed by atoms with Gasteiger partial charge in [0, 0.05) is 0 Å². The summed E-state index contributed by atoms with van der Waals surface area (Å²) in [6, 6.07) is 0. The zero-order valence-electron chi connectivity index (χ0n) is 20.0. The molecule has 0 aromatic heterocycles. The van der Waals surface area contributed by atoms with Crippen molar-refractivity contribution >= 4 is 0 Å². The summed E-state index contributed by atoms with van der Waals surface area (Å²) in [7, 11) is 0. The van der Waals surface area contributed by atoms with Crippen LogP contribution < -0.4 is 24.8 Å². The Balaban J connectivity index is 0.00000392. The SMILES string of the molecule is CC(C)OC1(C(C)(C)C2=[C]([Ti+2])CC=C2)CC=C(C(C)(C)C)C=C1C(C)(C)C.[Cl-].[Cl-]. The molecule has 2 aliphatic rings. The molecular weight excluding hydrogens is 435 g/mol. The number of allylic oxidation sites excluding steroid dienone is 5. The van der Waals surface area contributed by atoms with Gasteiger partial charge in [0.15, 0.2) is 0 Å². The zero-order chi connectivity index (χ0) is 20.8. The quantitative estimate of drug-likeness (QED) is 0.559. The molecule has 0 fully saturated rings. The van der Waals surface area contributed by atoms with Crippen LogP contribution in [0.2, 0.25) is 0 Å². The first-order valence-corrected chi connectivity index (χ1v) is 11.1. The van der Waals surface area contributed by atoms with Crippen LogP contribution in [-0.4, -0.2) is 11.7 Å². The number of halogens is 2. The molecule has 0 radical (unpaired) electrons. The summed E-state index contributed by atoms with van der Waals surface area (Å²) < 4.78 is 8.40. The number of rotatable bonds is 4. The van der Waals surface area contributed by atoms with Crippen LogP contribution in [0.15, 0.2) is 44.9 Å². The van der Waals surface area contributed by atoms with Gasteiger partial charge in [-0.05, 0) is 0 Å². The zero-order valence-corrected chi connectivity index (χ0v) is 23.0. The third-order valence-corrected chi connectivity index (χ3v) is 6.81. The normalized spacial score (nSPS) is 22.9. The standard InChI is InChI=1S/C25H39O.2ClH.Ti/c1-18(2)26-25(24(9,10)19-13-11-12-14-19)16-15-20(22(3,4)5)17-21(25)23(6,7)8;;;/h11,13,15,17-18H,12,16H2,1-10H3;2*1H;/q;;;+2/p-2. The van der Waals surface area contributed by atoms with Gasteiger partial charge in [0.05, 0.1) is 0 Å². The molecule has 0 N–H and O–H groups in total. The second-order valence-corrected chi connectivity index (χ2v) is 12.0. The first-order valence-electron chi connectivity index (χ1n) is 10.4. The van der Waals surface area contributed by atoms with E-state index >= 15 is 0 Å². The first kappa shape index (κ1) is 29.2. The third-order valence-electron chi connectivity index (χ3n) is 6.07. The van der Waals surface area contributed by atoms with Crippen molar-refractivity contribution in [2.24, 2.45) is 16.2 Å². The second kappa shape index (κ2) is 9.78. The molecule has 0 heterocycles. The average molecular weight is 474 g/mol. The Morgan fingerprint density at radius 1 is 0.966 bits per heavy atom. The van der Waals surface area contributed by atoms with Crippen molar-refractivity contribution in [2.75, 3.05) is 0 Å². The second-order valence-electron chi connectivity index (χ2n) is 11.0. The first-order chi connectivity index (χ1) is 12.1. The van der Waals surface area contributed by atoms with Gasteiger partial charge in [0.1, 0.15) is 0 Å². The van der Waals surface area contributed by atoms with Crippen LogP contribution in [0.5, 0.6) is 0 Å². The Hall–Kier alpha value is 0.214. The molecule has 1 unspecified atom stereocenters. The van der Waals surface area contributed by atoms with Crippen LogP contribution in [-0.2, 0) is 25.2 Å². The van der Waals surface area contributed by atoms with Crippen molar-refractivity contribution < 1.29 is 50.0 Å². The Morgan fingerprint density at radius 3 is 1.90 bits per heavy atom. The van der Waals surface area contributed by atoms with Crippen molar-refractivity contribution in [2.45, 2.75) is 93.8 Å². The molecular formula is C25H39Cl2OTi. The van der Waals surface area contributed by atoms with Crippen LogP contribution in [0.1, 0.15) is 82.1 Å². The summed E-state index contributed by atoms with van der Waals surface area (Å²) >= 11 is 2.28. The van der Waals surface area contributed by atoms with Gasteiger partial charge in [0.2, 0.25) is 0 Å². The van der Waals surface area contributed by atoms with Crippen LogP contribution >= 0.6 is 0 Å². The largest absolute Gasteiger partial charge is 1.00 e. The van der Waals surface area contributed by atoms with Crippen LogP contribution in [0.4, 0.5) is 0 Å². The maximum atomic E-state index is 6.92. The average Bonchev–Trinajstić information content (AvgIpc) is 2.91.